The Morgan fingerprint density at radius 2 is 2.10 bits per heavy atom. The molecule has 2 aromatic rings. The van der Waals surface area contributed by atoms with Crippen molar-refractivity contribution in [3.63, 3.8) is 0 Å². The molecule has 1 aliphatic heterocycles. The van der Waals surface area contributed by atoms with Crippen LogP contribution in [-0.4, -0.2) is 22.5 Å². The van der Waals surface area contributed by atoms with Crippen molar-refractivity contribution in [2.45, 2.75) is 39.3 Å². The molecule has 1 fully saturated rings. The van der Waals surface area contributed by atoms with Gasteiger partial charge in [-0.2, -0.15) is 0 Å². The van der Waals surface area contributed by atoms with Crippen molar-refractivity contribution in [2.75, 3.05) is 12.3 Å². The predicted octanol–water partition coefficient (Wildman–Crippen LogP) is 3.44. The number of para-hydroxylation sites is 1. The lowest BCUT2D eigenvalue weighted by molar-refractivity contribution is 0.121. The first-order chi connectivity index (χ1) is 9.63. The number of fused-ring (bicyclic) bond motifs is 1. The average Bonchev–Trinajstić information content (AvgIpc) is 2.42. The molecule has 1 aliphatic rings. The Labute approximate surface area is 120 Å². The van der Waals surface area contributed by atoms with E-state index in [0.717, 1.165) is 41.3 Å². The van der Waals surface area contributed by atoms with Crippen LogP contribution in [0.2, 0.25) is 0 Å². The molecule has 2 unspecified atom stereocenters. The van der Waals surface area contributed by atoms with Crippen LogP contribution in [0.4, 0.5) is 5.69 Å². The number of likely N-dealkylation sites (tertiary alicyclic amines) is 1. The summed E-state index contributed by atoms with van der Waals surface area (Å²) in [6.45, 7) is 6.74. The summed E-state index contributed by atoms with van der Waals surface area (Å²) in [6.07, 6.45) is 2.57. The number of rotatable bonds is 2. The van der Waals surface area contributed by atoms with Crippen LogP contribution in [0.5, 0.6) is 0 Å². The number of piperidine rings is 1. The molecule has 0 amide bonds. The Morgan fingerprint density at radius 3 is 2.90 bits per heavy atom. The van der Waals surface area contributed by atoms with Crippen molar-refractivity contribution in [1.82, 2.24) is 9.88 Å². The normalized spacial score (nSPS) is 24.1. The SMILES string of the molecule is CC1CCN(Cc2cc(N)c3ccccc3n2)C(C)C1. The molecular weight excluding hydrogens is 246 g/mol. The second-order valence-corrected chi connectivity index (χ2v) is 6.17. The Morgan fingerprint density at radius 1 is 1.30 bits per heavy atom. The maximum Gasteiger partial charge on any atom is 0.0726 e. The molecule has 1 saturated heterocycles. The molecule has 3 rings (SSSR count). The fourth-order valence-corrected chi connectivity index (χ4v) is 3.24. The van der Waals surface area contributed by atoms with Gasteiger partial charge in [-0.1, -0.05) is 25.1 Å². The summed E-state index contributed by atoms with van der Waals surface area (Å²) in [5, 5.41) is 1.05. The summed E-state index contributed by atoms with van der Waals surface area (Å²) < 4.78 is 0. The lowest BCUT2D eigenvalue weighted by Crippen LogP contribution is -2.39. The van der Waals surface area contributed by atoms with E-state index < -0.39 is 0 Å². The highest BCUT2D eigenvalue weighted by Gasteiger charge is 2.23. The first kappa shape index (κ1) is 13.4. The van der Waals surface area contributed by atoms with Gasteiger partial charge in [-0.05, 0) is 44.4 Å². The van der Waals surface area contributed by atoms with Crippen LogP contribution in [0.25, 0.3) is 10.9 Å². The largest absolute Gasteiger partial charge is 0.398 e. The molecule has 1 aromatic heterocycles. The fraction of sp³-hybridized carbons (Fsp3) is 0.471. The third-order valence-corrected chi connectivity index (χ3v) is 4.44. The zero-order valence-electron chi connectivity index (χ0n) is 12.3. The summed E-state index contributed by atoms with van der Waals surface area (Å²) in [4.78, 5) is 7.29. The monoisotopic (exact) mass is 269 g/mol. The van der Waals surface area contributed by atoms with E-state index in [9.17, 15) is 0 Å². The average molecular weight is 269 g/mol. The Bertz CT molecular complexity index is 608. The van der Waals surface area contributed by atoms with Crippen molar-refractivity contribution in [1.29, 1.82) is 0 Å². The van der Waals surface area contributed by atoms with Crippen molar-refractivity contribution in [2.24, 2.45) is 5.92 Å². The Balaban J connectivity index is 1.84. The summed E-state index contributed by atoms with van der Waals surface area (Å²) >= 11 is 0. The molecule has 106 valence electrons. The molecule has 0 radical (unpaired) electrons. The fourth-order valence-electron chi connectivity index (χ4n) is 3.24. The second-order valence-electron chi connectivity index (χ2n) is 6.17. The first-order valence-electron chi connectivity index (χ1n) is 7.51. The Hall–Kier alpha value is -1.61. The van der Waals surface area contributed by atoms with E-state index in [4.69, 9.17) is 10.7 Å². The smallest absolute Gasteiger partial charge is 0.0726 e. The second kappa shape index (κ2) is 5.41. The Kier molecular flexibility index (Phi) is 3.62. The lowest BCUT2D eigenvalue weighted by atomic mass is 9.93. The number of hydrogen-bond donors (Lipinski definition) is 1. The van der Waals surface area contributed by atoms with Crippen LogP contribution in [0, 0.1) is 5.92 Å². The molecular formula is C17H23N3. The molecule has 0 bridgehead atoms. The minimum absolute atomic E-state index is 0.633. The number of benzene rings is 1. The zero-order chi connectivity index (χ0) is 14.1. The molecule has 20 heavy (non-hydrogen) atoms. The number of nitrogen functional groups attached to an aromatic ring is 1. The summed E-state index contributed by atoms with van der Waals surface area (Å²) in [6, 6.07) is 10.8. The van der Waals surface area contributed by atoms with Crippen molar-refractivity contribution in [3.05, 3.63) is 36.0 Å². The number of nitrogens with zero attached hydrogens (tertiary/aromatic N) is 2. The highest BCUT2D eigenvalue weighted by molar-refractivity contribution is 5.90. The zero-order valence-corrected chi connectivity index (χ0v) is 12.3. The van der Waals surface area contributed by atoms with E-state index in [1.807, 2.05) is 30.3 Å². The predicted molar refractivity (Wildman–Crippen MR) is 84.4 cm³/mol. The number of pyridine rings is 1. The maximum atomic E-state index is 6.16. The maximum absolute atomic E-state index is 6.16. The summed E-state index contributed by atoms with van der Waals surface area (Å²) in [7, 11) is 0. The number of nitrogens with two attached hydrogens (primary N) is 1. The van der Waals surface area contributed by atoms with Crippen LogP contribution in [-0.2, 0) is 6.54 Å². The molecule has 3 nitrogen and oxygen atoms in total. The molecule has 2 atom stereocenters. The minimum atomic E-state index is 0.633. The van der Waals surface area contributed by atoms with Gasteiger partial charge in [0.25, 0.3) is 0 Å². The van der Waals surface area contributed by atoms with Gasteiger partial charge >= 0.3 is 0 Å². The van der Waals surface area contributed by atoms with Crippen LogP contribution in [0.1, 0.15) is 32.4 Å². The van der Waals surface area contributed by atoms with Gasteiger partial charge in [0.1, 0.15) is 0 Å². The van der Waals surface area contributed by atoms with E-state index >= 15 is 0 Å². The number of aromatic nitrogens is 1. The van der Waals surface area contributed by atoms with Gasteiger partial charge in [-0.25, -0.2) is 0 Å². The van der Waals surface area contributed by atoms with Crippen LogP contribution in [0.3, 0.4) is 0 Å². The molecule has 1 aromatic carbocycles. The first-order valence-corrected chi connectivity index (χ1v) is 7.51. The lowest BCUT2D eigenvalue weighted by Gasteiger charge is -2.36. The van der Waals surface area contributed by atoms with Crippen LogP contribution in [0.15, 0.2) is 30.3 Å². The molecule has 0 saturated carbocycles. The molecule has 0 spiro atoms. The van der Waals surface area contributed by atoms with Gasteiger partial charge in [-0.3, -0.25) is 9.88 Å². The number of hydrogen-bond acceptors (Lipinski definition) is 3. The van der Waals surface area contributed by atoms with E-state index in [1.165, 1.54) is 12.8 Å². The third kappa shape index (κ3) is 2.63. The number of anilines is 1. The van der Waals surface area contributed by atoms with Gasteiger partial charge in [0, 0.05) is 23.7 Å². The van der Waals surface area contributed by atoms with Crippen molar-refractivity contribution >= 4 is 16.6 Å². The van der Waals surface area contributed by atoms with Gasteiger partial charge in [0.15, 0.2) is 0 Å². The topological polar surface area (TPSA) is 42.1 Å². The van der Waals surface area contributed by atoms with E-state index in [0.29, 0.717) is 6.04 Å². The van der Waals surface area contributed by atoms with Gasteiger partial charge in [0.05, 0.1) is 11.2 Å². The quantitative estimate of drug-likeness (QED) is 0.908. The van der Waals surface area contributed by atoms with E-state index in [-0.39, 0.29) is 0 Å². The van der Waals surface area contributed by atoms with E-state index in [1.54, 1.807) is 0 Å². The molecule has 2 heterocycles. The minimum Gasteiger partial charge on any atom is -0.398 e. The molecule has 0 aliphatic carbocycles. The van der Waals surface area contributed by atoms with Gasteiger partial charge in [-0.15, -0.1) is 0 Å². The highest BCUT2D eigenvalue weighted by atomic mass is 15.2. The van der Waals surface area contributed by atoms with Gasteiger partial charge < -0.3 is 5.73 Å². The third-order valence-electron chi connectivity index (χ3n) is 4.44. The van der Waals surface area contributed by atoms with Gasteiger partial charge in [0.2, 0.25) is 0 Å². The van der Waals surface area contributed by atoms with E-state index in [2.05, 4.69) is 18.7 Å². The highest BCUT2D eigenvalue weighted by Crippen LogP contribution is 2.25. The van der Waals surface area contributed by atoms with Crippen molar-refractivity contribution in [3.8, 4) is 0 Å². The van der Waals surface area contributed by atoms with Crippen LogP contribution < -0.4 is 5.73 Å². The van der Waals surface area contributed by atoms with Crippen LogP contribution >= 0.6 is 0 Å². The standard InChI is InChI=1S/C17H23N3/c1-12-7-8-20(13(2)9-12)11-14-10-16(18)15-5-3-4-6-17(15)19-14/h3-6,10,12-13H,7-9,11H2,1-2H3,(H2,18,19). The summed E-state index contributed by atoms with van der Waals surface area (Å²) in [5.41, 5.74) is 9.08. The summed E-state index contributed by atoms with van der Waals surface area (Å²) in [5.74, 6) is 0.843. The molecule has 3 heteroatoms. The van der Waals surface area contributed by atoms with Crippen molar-refractivity contribution < 1.29 is 0 Å². The molecule has 2 N–H and O–H groups in total.